The lowest BCUT2D eigenvalue weighted by molar-refractivity contribution is 0.261. The highest BCUT2D eigenvalue weighted by Gasteiger charge is 1.94. The van der Waals surface area contributed by atoms with E-state index in [-0.39, 0.29) is 0 Å². The van der Waals surface area contributed by atoms with Crippen LogP contribution >= 0.6 is 15.9 Å². The summed E-state index contributed by atoms with van der Waals surface area (Å²) in [7, 11) is 4.07. The van der Waals surface area contributed by atoms with Crippen molar-refractivity contribution in [3.8, 4) is 17.6 Å². The van der Waals surface area contributed by atoms with E-state index in [1.807, 2.05) is 38.4 Å². The Kier molecular flexibility index (Phi) is 6.76. The highest BCUT2D eigenvalue weighted by Crippen LogP contribution is 2.11. The molecule has 2 nitrogen and oxygen atoms in total. The van der Waals surface area contributed by atoms with Crippen molar-refractivity contribution in [1.82, 2.24) is 4.90 Å². The molecule has 0 N–H and O–H groups in total. The SMILES string of the molecule is CN(C)CCOc1ccc(C#CCCBr)cc1. The fourth-order valence-corrected chi connectivity index (χ4v) is 1.39. The molecule has 0 bridgehead atoms. The standard InChI is InChI=1S/C14H18BrNO/c1-16(2)11-12-17-14-8-6-13(7-9-14)5-3-4-10-15/h6-9H,4,10-12H2,1-2H3. The summed E-state index contributed by atoms with van der Waals surface area (Å²) in [5, 5.41) is 0.922. The van der Waals surface area contributed by atoms with E-state index in [0.717, 1.165) is 29.6 Å². The normalized spacial score (nSPS) is 9.88. The van der Waals surface area contributed by atoms with Crippen LogP contribution < -0.4 is 4.74 Å². The summed E-state index contributed by atoms with van der Waals surface area (Å²) in [5.41, 5.74) is 1.03. The topological polar surface area (TPSA) is 12.5 Å². The maximum absolute atomic E-state index is 5.60. The molecule has 0 aromatic heterocycles. The van der Waals surface area contributed by atoms with Crippen LogP contribution in [0.2, 0.25) is 0 Å². The van der Waals surface area contributed by atoms with Crippen LogP contribution in [0.25, 0.3) is 0 Å². The van der Waals surface area contributed by atoms with Crippen LogP contribution in [-0.2, 0) is 0 Å². The first kappa shape index (κ1) is 14.1. The van der Waals surface area contributed by atoms with Gasteiger partial charge in [0.1, 0.15) is 12.4 Å². The summed E-state index contributed by atoms with van der Waals surface area (Å²) in [5.74, 6) is 7.09. The molecule has 1 aromatic rings. The lowest BCUT2D eigenvalue weighted by Gasteiger charge is -2.10. The zero-order chi connectivity index (χ0) is 12.5. The maximum Gasteiger partial charge on any atom is 0.119 e. The van der Waals surface area contributed by atoms with Crippen LogP contribution in [0, 0.1) is 11.8 Å². The number of hydrogen-bond acceptors (Lipinski definition) is 2. The fraction of sp³-hybridized carbons (Fsp3) is 0.429. The Hall–Kier alpha value is -0.980. The minimum atomic E-state index is 0.710. The smallest absolute Gasteiger partial charge is 0.119 e. The van der Waals surface area contributed by atoms with E-state index in [2.05, 4.69) is 32.7 Å². The molecule has 0 spiro atoms. The van der Waals surface area contributed by atoms with E-state index in [1.165, 1.54) is 0 Å². The van der Waals surface area contributed by atoms with Crippen LogP contribution in [0.5, 0.6) is 5.75 Å². The third-order valence-electron chi connectivity index (χ3n) is 2.11. The van der Waals surface area contributed by atoms with E-state index < -0.39 is 0 Å². The van der Waals surface area contributed by atoms with Gasteiger partial charge in [0.25, 0.3) is 0 Å². The number of ether oxygens (including phenoxy) is 1. The Balaban J connectivity index is 2.43. The Labute approximate surface area is 112 Å². The Morgan fingerprint density at radius 3 is 2.53 bits per heavy atom. The summed E-state index contributed by atoms with van der Waals surface area (Å²) in [6.07, 6.45) is 0.876. The largest absolute Gasteiger partial charge is 0.492 e. The molecule has 0 aliphatic heterocycles. The van der Waals surface area contributed by atoms with Gasteiger partial charge in [-0.2, -0.15) is 0 Å². The Morgan fingerprint density at radius 1 is 1.24 bits per heavy atom. The minimum Gasteiger partial charge on any atom is -0.492 e. The summed E-state index contributed by atoms with van der Waals surface area (Å²) in [4.78, 5) is 2.10. The predicted octanol–water partition coefficient (Wildman–Crippen LogP) is 2.76. The third-order valence-corrected chi connectivity index (χ3v) is 2.51. The van der Waals surface area contributed by atoms with Gasteiger partial charge in [-0.25, -0.2) is 0 Å². The molecule has 17 heavy (non-hydrogen) atoms. The summed E-state index contributed by atoms with van der Waals surface area (Å²) in [6, 6.07) is 7.92. The van der Waals surface area contributed by atoms with Crippen LogP contribution in [0.4, 0.5) is 0 Å². The van der Waals surface area contributed by atoms with Gasteiger partial charge < -0.3 is 9.64 Å². The number of halogens is 1. The molecule has 0 radical (unpaired) electrons. The molecular weight excluding hydrogens is 278 g/mol. The second kappa shape index (κ2) is 8.16. The van der Waals surface area contributed by atoms with Crippen LogP contribution in [-0.4, -0.2) is 37.5 Å². The van der Waals surface area contributed by atoms with Crippen LogP contribution in [0.3, 0.4) is 0 Å². The fourth-order valence-electron chi connectivity index (χ4n) is 1.19. The zero-order valence-electron chi connectivity index (χ0n) is 10.4. The van der Waals surface area contributed by atoms with Crippen molar-refractivity contribution in [3.63, 3.8) is 0 Å². The molecule has 0 unspecified atom stereocenters. The number of nitrogens with zero attached hydrogens (tertiary/aromatic N) is 1. The first-order valence-electron chi connectivity index (χ1n) is 5.65. The number of alkyl halides is 1. The van der Waals surface area contributed by atoms with Crippen molar-refractivity contribution in [3.05, 3.63) is 29.8 Å². The van der Waals surface area contributed by atoms with E-state index in [1.54, 1.807) is 0 Å². The number of benzene rings is 1. The van der Waals surface area contributed by atoms with E-state index in [9.17, 15) is 0 Å². The van der Waals surface area contributed by atoms with Gasteiger partial charge in [-0.1, -0.05) is 27.8 Å². The van der Waals surface area contributed by atoms with E-state index in [4.69, 9.17) is 4.74 Å². The van der Waals surface area contributed by atoms with Crippen molar-refractivity contribution in [1.29, 1.82) is 0 Å². The number of likely N-dealkylation sites (N-methyl/N-ethyl adjacent to an activating group) is 1. The molecule has 0 saturated heterocycles. The highest BCUT2D eigenvalue weighted by atomic mass is 79.9. The third kappa shape index (κ3) is 6.35. The first-order chi connectivity index (χ1) is 8.22. The molecule has 0 aliphatic carbocycles. The summed E-state index contributed by atoms with van der Waals surface area (Å²) in [6.45, 7) is 1.63. The molecule has 3 heteroatoms. The average Bonchev–Trinajstić information content (AvgIpc) is 2.31. The number of hydrogen-bond donors (Lipinski definition) is 0. The maximum atomic E-state index is 5.60. The van der Waals surface area contributed by atoms with Crippen molar-refractivity contribution >= 4 is 15.9 Å². The van der Waals surface area contributed by atoms with Gasteiger partial charge >= 0.3 is 0 Å². The molecule has 0 heterocycles. The van der Waals surface area contributed by atoms with E-state index >= 15 is 0 Å². The molecule has 0 saturated carbocycles. The molecule has 92 valence electrons. The van der Waals surface area contributed by atoms with Gasteiger partial charge in [-0.15, -0.1) is 0 Å². The first-order valence-corrected chi connectivity index (χ1v) is 6.77. The van der Waals surface area contributed by atoms with Crippen molar-refractivity contribution < 1.29 is 4.74 Å². The van der Waals surface area contributed by atoms with Crippen molar-refractivity contribution in [2.24, 2.45) is 0 Å². The molecule has 0 atom stereocenters. The highest BCUT2D eigenvalue weighted by molar-refractivity contribution is 9.09. The quantitative estimate of drug-likeness (QED) is 0.612. The van der Waals surface area contributed by atoms with Gasteiger partial charge in [-0.05, 0) is 38.4 Å². The monoisotopic (exact) mass is 295 g/mol. The minimum absolute atomic E-state index is 0.710. The van der Waals surface area contributed by atoms with Gasteiger partial charge in [0.2, 0.25) is 0 Å². The van der Waals surface area contributed by atoms with Crippen LogP contribution in [0.1, 0.15) is 12.0 Å². The van der Waals surface area contributed by atoms with E-state index in [0.29, 0.717) is 6.61 Å². The summed E-state index contributed by atoms with van der Waals surface area (Å²) < 4.78 is 5.60. The molecule has 1 aromatic carbocycles. The lowest BCUT2D eigenvalue weighted by Crippen LogP contribution is -2.19. The molecule has 1 rings (SSSR count). The molecule has 0 aliphatic rings. The Morgan fingerprint density at radius 2 is 1.94 bits per heavy atom. The van der Waals surface area contributed by atoms with Gasteiger partial charge in [0.05, 0.1) is 0 Å². The molecular formula is C14H18BrNO. The molecule has 0 amide bonds. The second-order valence-electron chi connectivity index (χ2n) is 3.92. The Bertz CT molecular complexity index is 375. The zero-order valence-corrected chi connectivity index (χ0v) is 12.0. The van der Waals surface area contributed by atoms with Crippen molar-refractivity contribution in [2.75, 3.05) is 32.6 Å². The van der Waals surface area contributed by atoms with Gasteiger partial charge in [0, 0.05) is 23.9 Å². The summed E-state index contributed by atoms with van der Waals surface area (Å²) >= 11 is 3.35. The van der Waals surface area contributed by atoms with Gasteiger partial charge in [-0.3, -0.25) is 0 Å². The van der Waals surface area contributed by atoms with Gasteiger partial charge in [0.15, 0.2) is 0 Å². The van der Waals surface area contributed by atoms with Crippen LogP contribution in [0.15, 0.2) is 24.3 Å². The number of rotatable bonds is 5. The predicted molar refractivity (Wildman–Crippen MR) is 75.8 cm³/mol. The average molecular weight is 296 g/mol. The second-order valence-corrected chi connectivity index (χ2v) is 4.71. The molecule has 0 fully saturated rings. The van der Waals surface area contributed by atoms with Crippen molar-refractivity contribution in [2.45, 2.75) is 6.42 Å². The lowest BCUT2D eigenvalue weighted by atomic mass is 10.2.